The fraction of sp³-hybridized carbons (Fsp3) is 0.467. The minimum absolute atomic E-state index is 0.0605. The fourth-order valence-corrected chi connectivity index (χ4v) is 2.75. The van der Waals surface area contributed by atoms with E-state index in [1.165, 1.54) is 0 Å². The summed E-state index contributed by atoms with van der Waals surface area (Å²) in [6.07, 6.45) is 3.81. The molecule has 6 nitrogen and oxygen atoms in total. The summed E-state index contributed by atoms with van der Waals surface area (Å²) in [7, 11) is 0. The van der Waals surface area contributed by atoms with Gasteiger partial charge in [0.1, 0.15) is 5.76 Å². The number of aromatic nitrogens is 1. The molecule has 2 aromatic rings. The van der Waals surface area contributed by atoms with Gasteiger partial charge in [0.25, 0.3) is 5.89 Å². The minimum Gasteiger partial charge on any atom is -0.459 e. The van der Waals surface area contributed by atoms with Gasteiger partial charge in [0.05, 0.1) is 18.4 Å². The van der Waals surface area contributed by atoms with Crippen LogP contribution in [-0.2, 0) is 11.2 Å². The lowest BCUT2D eigenvalue weighted by molar-refractivity contribution is -0.131. The van der Waals surface area contributed by atoms with Crippen molar-refractivity contribution in [3.05, 3.63) is 29.9 Å². The van der Waals surface area contributed by atoms with E-state index < -0.39 is 0 Å². The summed E-state index contributed by atoms with van der Waals surface area (Å²) in [5.41, 5.74) is 6.37. The Morgan fingerprint density at radius 1 is 1.57 bits per heavy atom. The maximum atomic E-state index is 12.4. The molecule has 0 bridgehead atoms. The van der Waals surface area contributed by atoms with Gasteiger partial charge < -0.3 is 19.5 Å². The van der Waals surface area contributed by atoms with E-state index in [0.717, 1.165) is 19.4 Å². The molecule has 1 fully saturated rings. The number of furan rings is 1. The van der Waals surface area contributed by atoms with Gasteiger partial charge >= 0.3 is 0 Å². The lowest BCUT2D eigenvalue weighted by Gasteiger charge is -2.23. The van der Waals surface area contributed by atoms with Crippen LogP contribution >= 0.6 is 0 Å². The Hall–Kier alpha value is -2.08. The molecule has 2 N–H and O–H groups in total. The van der Waals surface area contributed by atoms with Gasteiger partial charge in [-0.2, -0.15) is 0 Å². The van der Waals surface area contributed by atoms with Crippen LogP contribution in [0.25, 0.3) is 11.7 Å². The van der Waals surface area contributed by atoms with Gasteiger partial charge in [-0.15, -0.1) is 0 Å². The predicted molar refractivity (Wildman–Crippen MR) is 76.4 cm³/mol. The van der Waals surface area contributed by atoms with Crippen molar-refractivity contribution in [2.24, 2.45) is 5.73 Å². The van der Waals surface area contributed by atoms with Crippen LogP contribution in [0.15, 0.2) is 27.2 Å². The lowest BCUT2D eigenvalue weighted by atomic mass is 10.2. The summed E-state index contributed by atoms with van der Waals surface area (Å²) in [6.45, 7) is 3.11. The van der Waals surface area contributed by atoms with Crippen molar-refractivity contribution in [1.82, 2.24) is 9.88 Å². The zero-order chi connectivity index (χ0) is 14.8. The maximum Gasteiger partial charge on any atom is 0.263 e. The molecule has 0 radical (unpaired) electrons. The monoisotopic (exact) mass is 289 g/mol. The van der Waals surface area contributed by atoms with Crippen molar-refractivity contribution in [3.63, 3.8) is 0 Å². The molecule has 1 aliphatic heterocycles. The molecule has 1 unspecified atom stereocenters. The lowest BCUT2D eigenvalue weighted by Crippen LogP contribution is -2.40. The topological polar surface area (TPSA) is 85.5 Å². The molecule has 0 saturated carbocycles. The van der Waals surface area contributed by atoms with Gasteiger partial charge in [0.15, 0.2) is 5.76 Å². The van der Waals surface area contributed by atoms with Gasteiger partial charge in [-0.05, 0) is 31.9 Å². The number of nitrogens with two attached hydrogens (primary N) is 1. The molecule has 6 heteroatoms. The van der Waals surface area contributed by atoms with Crippen molar-refractivity contribution >= 4 is 5.91 Å². The molecule has 3 heterocycles. The molecular formula is C15H19N3O3. The van der Waals surface area contributed by atoms with E-state index in [0.29, 0.717) is 29.6 Å². The first kappa shape index (κ1) is 13.9. The van der Waals surface area contributed by atoms with E-state index in [1.807, 2.05) is 11.8 Å². The van der Waals surface area contributed by atoms with E-state index in [2.05, 4.69) is 4.98 Å². The van der Waals surface area contributed by atoms with Crippen LogP contribution in [0, 0.1) is 6.92 Å². The molecule has 0 aliphatic carbocycles. The second kappa shape index (κ2) is 5.73. The second-order valence-electron chi connectivity index (χ2n) is 5.29. The van der Waals surface area contributed by atoms with Crippen LogP contribution in [0.4, 0.5) is 0 Å². The smallest absolute Gasteiger partial charge is 0.263 e. The minimum atomic E-state index is 0.0605. The number of hydrogen-bond acceptors (Lipinski definition) is 5. The normalized spacial score (nSPS) is 18.4. The first-order valence-corrected chi connectivity index (χ1v) is 7.18. The highest BCUT2D eigenvalue weighted by molar-refractivity contribution is 5.79. The number of carbonyl (C=O) groups is 1. The number of aryl methyl sites for hydroxylation is 1. The van der Waals surface area contributed by atoms with Gasteiger partial charge in [-0.1, -0.05) is 0 Å². The van der Waals surface area contributed by atoms with Crippen molar-refractivity contribution in [2.75, 3.05) is 13.1 Å². The summed E-state index contributed by atoms with van der Waals surface area (Å²) in [4.78, 5) is 18.6. The van der Waals surface area contributed by atoms with Crippen molar-refractivity contribution in [3.8, 4) is 11.7 Å². The number of nitrogens with zero attached hydrogens (tertiary/aromatic N) is 2. The van der Waals surface area contributed by atoms with E-state index in [1.54, 1.807) is 18.4 Å². The molecule has 0 spiro atoms. The molecule has 1 aliphatic rings. The molecule has 1 atom stereocenters. The highest BCUT2D eigenvalue weighted by Crippen LogP contribution is 2.23. The van der Waals surface area contributed by atoms with E-state index >= 15 is 0 Å². The third-order valence-corrected chi connectivity index (χ3v) is 3.91. The summed E-state index contributed by atoms with van der Waals surface area (Å²) < 4.78 is 10.8. The summed E-state index contributed by atoms with van der Waals surface area (Å²) in [5.74, 6) is 1.69. The molecule has 2 aromatic heterocycles. The molecule has 3 rings (SSSR count). The summed E-state index contributed by atoms with van der Waals surface area (Å²) in [5, 5.41) is 0. The van der Waals surface area contributed by atoms with Crippen LogP contribution in [0.1, 0.15) is 24.3 Å². The Morgan fingerprint density at radius 3 is 3.14 bits per heavy atom. The van der Waals surface area contributed by atoms with E-state index in [9.17, 15) is 4.79 Å². The Labute approximate surface area is 122 Å². The number of carbonyl (C=O) groups excluding carboxylic acids is 1. The Bertz CT molecular complexity index is 618. The number of amides is 1. The maximum absolute atomic E-state index is 12.4. The number of oxazole rings is 1. The summed E-state index contributed by atoms with van der Waals surface area (Å²) in [6, 6.07) is 3.71. The van der Waals surface area contributed by atoms with Crippen molar-refractivity contribution < 1.29 is 13.6 Å². The van der Waals surface area contributed by atoms with Crippen molar-refractivity contribution in [1.29, 1.82) is 0 Å². The Balaban J connectivity index is 1.74. The fourth-order valence-electron chi connectivity index (χ4n) is 2.75. The molecule has 112 valence electrons. The molecular weight excluding hydrogens is 270 g/mol. The average molecular weight is 289 g/mol. The van der Waals surface area contributed by atoms with Crippen LogP contribution in [0.2, 0.25) is 0 Å². The first-order valence-electron chi connectivity index (χ1n) is 7.18. The Morgan fingerprint density at radius 2 is 2.43 bits per heavy atom. The number of rotatable bonds is 4. The van der Waals surface area contributed by atoms with Gasteiger partial charge in [0.2, 0.25) is 5.91 Å². The zero-order valence-electron chi connectivity index (χ0n) is 12.0. The van der Waals surface area contributed by atoms with E-state index in [4.69, 9.17) is 14.6 Å². The standard InChI is InChI=1S/C15H19N3O3/c1-10-12(17-15(21-10)13-5-3-7-20-13)8-14(19)18-6-2-4-11(18)9-16/h3,5,7,11H,2,4,6,8-9,16H2,1H3. The van der Waals surface area contributed by atoms with Gasteiger partial charge in [-0.3, -0.25) is 4.79 Å². The van der Waals surface area contributed by atoms with E-state index in [-0.39, 0.29) is 18.4 Å². The van der Waals surface area contributed by atoms with Crippen LogP contribution in [0.3, 0.4) is 0 Å². The second-order valence-corrected chi connectivity index (χ2v) is 5.29. The van der Waals surface area contributed by atoms with Gasteiger partial charge in [-0.25, -0.2) is 4.98 Å². The third-order valence-electron chi connectivity index (χ3n) is 3.91. The van der Waals surface area contributed by atoms with Crippen LogP contribution < -0.4 is 5.73 Å². The SMILES string of the molecule is Cc1oc(-c2ccco2)nc1CC(=O)N1CCCC1CN. The predicted octanol–water partition coefficient (Wildman–Crippen LogP) is 1.74. The zero-order valence-corrected chi connectivity index (χ0v) is 12.0. The number of likely N-dealkylation sites (tertiary alicyclic amines) is 1. The average Bonchev–Trinajstić information content (AvgIpc) is 3.18. The largest absolute Gasteiger partial charge is 0.459 e. The molecule has 21 heavy (non-hydrogen) atoms. The van der Waals surface area contributed by atoms with Crippen LogP contribution in [0.5, 0.6) is 0 Å². The third kappa shape index (κ3) is 2.71. The highest BCUT2D eigenvalue weighted by Gasteiger charge is 2.28. The molecule has 0 aromatic carbocycles. The Kier molecular flexibility index (Phi) is 3.79. The van der Waals surface area contributed by atoms with Gasteiger partial charge in [0, 0.05) is 19.1 Å². The highest BCUT2D eigenvalue weighted by atomic mass is 16.4. The van der Waals surface area contributed by atoms with Crippen LogP contribution in [-0.4, -0.2) is 34.9 Å². The summed E-state index contributed by atoms with van der Waals surface area (Å²) >= 11 is 0. The molecule has 1 saturated heterocycles. The number of hydrogen-bond donors (Lipinski definition) is 1. The first-order chi connectivity index (χ1) is 10.2. The molecule has 1 amide bonds. The quantitative estimate of drug-likeness (QED) is 0.926. The van der Waals surface area contributed by atoms with Crippen molar-refractivity contribution in [2.45, 2.75) is 32.2 Å².